The van der Waals surface area contributed by atoms with Crippen LogP contribution in [0, 0.1) is 0 Å². The molecule has 1 aliphatic heterocycles. The number of hydrogen-bond acceptors (Lipinski definition) is 9. The van der Waals surface area contributed by atoms with Crippen molar-refractivity contribution in [1.29, 1.82) is 0 Å². The Morgan fingerprint density at radius 3 is 2.51 bits per heavy atom. The van der Waals surface area contributed by atoms with E-state index in [2.05, 4.69) is 0 Å². The number of rotatable bonds is 11. The molecule has 10 heteroatoms. The van der Waals surface area contributed by atoms with Gasteiger partial charge in [0.05, 0.1) is 42.7 Å². The van der Waals surface area contributed by atoms with E-state index in [1.54, 1.807) is 30.7 Å². The number of esters is 1. The highest BCUT2D eigenvalue weighted by Gasteiger charge is 2.36. The second kappa shape index (κ2) is 13.3. The van der Waals surface area contributed by atoms with Crippen LogP contribution >= 0.6 is 11.3 Å². The first-order valence-corrected chi connectivity index (χ1v) is 14.9. The zero-order chi connectivity index (χ0) is 30.5. The number of allylic oxidation sites excluding steroid dienone is 1. The van der Waals surface area contributed by atoms with Gasteiger partial charge in [0.2, 0.25) is 0 Å². The molecule has 3 aromatic carbocycles. The summed E-state index contributed by atoms with van der Waals surface area (Å²) in [6.45, 7) is 6.65. The topological polar surface area (TPSA) is 97.6 Å². The number of methoxy groups -OCH3 is 2. The third kappa shape index (κ3) is 5.80. The van der Waals surface area contributed by atoms with E-state index in [1.807, 2.05) is 62.4 Å². The van der Waals surface area contributed by atoms with E-state index in [4.69, 9.17) is 28.7 Å². The molecule has 0 bridgehead atoms. The number of fused-ring (bicyclic) bond motifs is 2. The number of ether oxygens (including phenoxy) is 5. The van der Waals surface area contributed by atoms with Crippen molar-refractivity contribution in [3.05, 3.63) is 96.7 Å². The maximum absolute atomic E-state index is 14.3. The fourth-order valence-electron chi connectivity index (χ4n) is 5.22. The molecule has 224 valence electrons. The van der Waals surface area contributed by atoms with E-state index in [9.17, 15) is 9.59 Å². The third-order valence-corrected chi connectivity index (χ3v) is 8.06. The van der Waals surface area contributed by atoms with Crippen LogP contribution in [0.5, 0.6) is 17.2 Å². The molecule has 0 fully saturated rings. The SMILES string of the molecule is CCOc1ccc2ccccc2c1/C=c1/sc2n(c1=O)[C@H](c1cccc(OC)c1OCC)C(C(=O)OCCOC)=C(C)N=2. The Bertz CT molecular complexity index is 1870. The Hall–Kier alpha value is -4.41. The van der Waals surface area contributed by atoms with Gasteiger partial charge in [-0.15, -0.1) is 0 Å². The molecule has 5 rings (SSSR count). The second-order valence-electron chi connectivity index (χ2n) is 9.65. The molecule has 1 atom stereocenters. The van der Waals surface area contributed by atoms with Crippen LogP contribution in [0.25, 0.3) is 16.8 Å². The van der Waals surface area contributed by atoms with Crippen molar-refractivity contribution in [2.75, 3.05) is 40.6 Å². The average Bonchev–Trinajstić information content (AvgIpc) is 3.31. The summed E-state index contributed by atoms with van der Waals surface area (Å²) in [4.78, 5) is 33.1. The fraction of sp³-hybridized carbons (Fsp3) is 0.303. The number of para-hydroxylation sites is 1. The van der Waals surface area contributed by atoms with Crippen LogP contribution in [-0.2, 0) is 14.3 Å². The van der Waals surface area contributed by atoms with Gasteiger partial charge < -0.3 is 23.7 Å². The smallest absolute Gasteiger partial charge is 0.338 e. The van der Waals surface area contributed by atoms with Crippen LogP contribution in [0.4, 0.5) is 0 Å². The summed E-state index contributed by atoms with van der Waals surface area (Å²) in [5.41, 5.74) is 1.77. The van der Waals surface area contributed by atoms with Crippen LogP contribution in [0.2, 0.25) is 0 Å². The zero-order valence-corrected chi connectivity index (χ0v) is 25.7. The highest BCUT2D eigenvalue weighted by Crippen LogP contribution is 2.41. The number of thiazole rings is 1. The van der Waals surface area contributed by atoms with Crippen LogP contribution in [0.3, 0.4) is 0 Å². The molecule has 0 N–H and O–H groups in total. The number of carbonyl (C=O) groups excluding carboxylic acids is 1. The molecule has 0 unspecified atom stereocenters. The highest BCUT2D eigenvalue weighted by molar-refractivity contribution is 7.07. The summed E-state index contributed by atoms with van der Waals surface area (Å²) in [6, 6.07) is 16.4. The van der Waals surface area contributed by atoms with Gasteiger partial charge in [-0.3, -0.25) is 9.36 Å². The van der Waals surface area contributed by atoms with E-state index in [0.717, 1.165) is 16.3 Å². The summed E-state index contributed by atoms with van der Waals surface area (Å²) < 4.78 is 30.2. The maximum Gasteiger partial charge on any atom is 0.338 e. The van der Waals surface area contributed by atoms with Gasteiger partial charge in [0.15, 0.2) is 16.3 Å². The molecule has 0 saturated heterocycles. The van der Waals surface area contributed by atoms with Gasteiger partial charge in [-0.25, -0.2) is 9.79 Å². The molecule has 0 saturated carbocycles. The molecule has 0 aliphatic carbocycles. The Labute approximate surface area is 253 Å². The maximum atomic E-state index is 14.3. The van der Waals surface area contributed by atoms with Gasteiger partial charge in [0.1, 0.15) is 18.4 Å². The van der Waals surface area contributed by atoms with Crippen molar-refractivity contribution in [1.82, 2.24) is 4.57 Å². The lowest BCUT2D eigenvalue weighted by atomic mass is 9.94. The first-order valence-electron chi connectivity index (χ1n) is 14.1. The summed E-state index contributed by atoms with van der Waals surface area (Å²) >= 11 is 1.25. The monoisotopic (exact) mass is 602 g/mol. The lowest BCUT2D eigenvalue weighted by Gasteiger charge is -2.27. The second-order valence-corrected chi connectivity index (χ2v) is 10.7. The molecule has 0 radical (unpaired) electrons. The van der Waals surface area contributed by atoms with Crippen molar-refractivity contribution in [3.63, 3.8) is 0 Å². The first-order chi connectivity index (χ1) is 20.9. The van der Waals surface area contributed by atoms with Crippen molar-refractivity contribution in [2.45, 2.75) is 26.8 Å². The minimum Gasteiger partial charge on any atom is -0.493 e. The molecule has 4 aromatic rings. The van der Waals surface area contributed by atoms with Crippen molar-refractivity contribution in [2.24, 2.45) is 4.99 Å². The predicted molar refractivity (Wildman–Crippen MR) is 166 cm³/mol. The van der Waals surface area contributed by atoms with Crippen molar-refractivity contribution >= 4 is 34.2 Å². The molecule has 9 nitrogen and oxygen atoms in total. The Balaban J connectivity index is 1.78. The molecule has 0 amide bonds. The summed E-state index contributed by atoms with van der Waals surface area (Å²) in [7, 11) is 3.08. The normalized spacial score (nSPS) is 14.8. The third-order valence-electron chi connectivity index (χ3n) is 7.08. The van der Waals surface area contributed by atoms with Crippen LogP contribution in [-0.4, -0.2) is 51.2 Å². The number of aromatic nitrogens is 1. The molecule has 43 heavy (non-hydrogen) atoms. The van der Waals surface area contributed by atoms with Crippen LogP contribution in [0.1, 0.15) is 37.9 Å². The molecular weight excluding hydrogens is 568 g/mol. The quantitative estimate of drug-likeness (QED) is 0.186. The molecule has 1 aliphatic rings. The van der Waals surface area contributed by atoms with Crippen LogP contribution in [0.15, 0.2) is 75.7 Å². The van der Waals surface area contributed by atoms with E-state index < -0.39 is 12.0 Å². The van der Waals surface area contributed by atoms with Crippen molar-refractivity contribution < 1.29 is 28.5 Å². The van der Waals surface area contributed by atoms with E-state index in [1.165, 1.54) is 18.4 Å². The summed E-state index contributed by atoms with van der Waals surface area (Å²) in [6.07, 6.45) is 1.85. The minimum absolute atomic E-state index is 0.0565. The Morgan fingerprint density at radius 2 is 1.77 bits per heavy atom. The summed E-state index contributed by atoms with van der Waals surface area (Å²) in [5.74, 6) is 1.01. The lowest BCUT2D eigenvalue weighted by molar-refractivity contribution is -0.140. The molecular formula is C33H34N2O7S. The summed E-state index contributed by atoms with van der Waals surface area (Å²) in [5, 5.41) is 1.98. The highest BCUT2D eigenvalue weighted by atomic mass is 32.1. The fourth-order valence-corrected chi connectivity index (χ4v) is 6.25. The largest absolute Gasteiger partial charge is 0.493 e. The van der Waals surface area contributed by atoms with E-state index >= 15 is 0 Å². The minimum atomic E-state index is -0.871. The Kier molecular flexibility index (Phi) is 9.27. The van der Waals surface area contributed by atoms with Crippen molar-refractivity contribution in [3.8, 4) is 17.2 Å². The molecule has 0 spiro atoms. The predicted octanol–water partition coefficient (Wildman–Crippen LogP) is 4.38. The van der Waals surface area contributed by atoms with Gasteiger partial charge in [-0.2, -0.15) is 0 Å². The number of hydrogen-bond donors (Lipinski definition) is 0. The number of carbonyl (C=O) groups is 1. The first kappa shape index (κ1) is 30.1. The number of nitrogens with zero attached hydrogens (tertiary/aromatic N) is 2. The van der Waals surface area contributed by atoms with Gasteiger partial charge >= 0.3 is 5.97 Å². The Morgan fingerprint density at radius 1 is 0.977 bits per heavy atom. The standard InChI is InChI=1S/C33H34N2O7S/c1-6-40-25-16-15-21-11-8-9-12-22(21)24(25)19-27-31(36)35-29(23-13-10-14-26(39-5)30(23)41-7-2)28(20(3)34-33(35)43-27)32(37)42-18-17-38-4/h8-16,19,29H,6-7,17-18H2,1-5H3/b27-19+/t29-/m1/s1. The van der Waals surface area contributed by atoms with E-state index in [0.29, 0.717) is 51.1 Å². The zero-order valence-electron chi connectivity index (χ0n) is 24.8. The number of benzene rings is 3. The molecule has 2 heterocycles. The van der Waals surface area contributed by atoms with Gasteiger partial charge in [0.25, 0.3) is 5.56 Å². The average molecular weight is 603 g/mol. The lowest BCUT2D eigenvalue weighted by Crippen LogP contribution is -2.40. The van der Waals surface area contributed by atoms with E-state index in [-0.39, 0.29) is 24.3 Å². The molecule has 1 aromatic heterocycles. The van der Waals surface area contributed by atoms with Gasteiger partial charge in [-0.1, -0.05) is 53.8 Å². The van der Waals surface area contributed by atoms with Crippen LogP contribution < -0.4 is 29.1 Å². The van der Waals surface area contributed by atoms with Gasteiger partial charge in [-0.05, 0) is 49.8 Å². The van der Waals surface area contributed by atoms with Gasteiger partial charge in [0, 0.05) is 18.2 Å².